The molecule has 8 heteroatoms. The van der Waals surface area contributed by atoms with Gasteiger partial charge in [-0.1, -0.05) is 19.4 Å². The number of alkyl halides is 1. The van der Waals surface area contributed by atoms with Gasteiger partial charge in [-0.2, -0.15) is 0 Å². The van der Waals surface area contributed by atoms with Gasteiger partial charge in [-0.15, -0.1) is 0 Å². The number of nitrogens with zero attached hydrogens (tertiary/aromatic N) is 3. The number of pyridine rings is 1. The van der Waals surface area contributed by atoms with Crippen LogP contribution in [-0.2, 0) is 0 Å². The van der Waals surface area contributed by atoms with Crippen LogP contribution in [0.3, 0.4) is 0 Å². The third-order valence-electron chi connectivity index (χ3n) is 4.46. The summed E-state index contributed by atoms with van der Waals surface area (Å²) in [5, 5.41) is 3.20. The molecule has 0 radical (unpaired) electrons. The number of hydrogen-bond donors (Lipinski definition) is 2. The molecule has 3 aromatic rings. The Hall–Kier alpha value is -3.55. The van der Waals surface area contributed by atoms with Gasteiger partial charge >= 0.3 is 0 Å². The van der Waals surface area contributed by atoms with Crippen molar-refractivity contribution in [2.75, 3.05) is 25.1 Å². The first-order valence-corrected chi connectivity index (χ1v) is 10.1. The fourth-order valence-corrected chi connectivity index (χ4v) is 2.92. The van der Waals surface area contributed by atoms with Crippen LogP contribution in [0, 0.1) is 5.82 Å². The molecule has 0 unspecified atom stereocenters. The van der Waals surface area contributed by atoms with Gasteiger partial charge in [-0.3, -0.25) is 0 Å². The highest BCUT2D eigenvalue weighted by Gasteiger charge is 2.16. The summed E-state index contributed by atoms with van der Waals surface area (Å²) in [6.45, 7) is 2.14. The number of benzene rings is 1. The minimum absolute atomic E-state index is 0.0953. The molecule has 2 heterocycles. The van der Waals surface area contributed by atoms with Gasteiger partial charge in [0, 0.05) is 24.4 Å². The molecule has 2 aromatic heterocycles. The van der Waals surface area contributed by atoms with Crippen molar-refractivity contribution >= 4 is 17.2 Å². The number of aromatic nitrogens is 3. The van der Waals surface area contributed by atoms with E-state index in [0.29, 0.717) is 34.2 Å². The smallest absolute Gasteiger partial charge is 0.223 e. The van der Waals surface area contributed by atoms with Crippen LogP contribution >= 0.6 is 0 Å². The van der Waals surface area contributed by atoms with E-state index in [4.69, 9.17) is 10.5 Å². The second-order valence-corrected chi connectivity index (χ2v) is 6.74. The number of ether oxygens (including phenoxy) is 1. The monoisotopic (exact) mass is 425 g/mol. The third-order valence-corrected chi connectivity index (χ3v) is 4.46. The van der Waals surface area contributed by atoms with Gasteiger partial charge < -0.3 is 15.8 Å². The maximum atomic E-state index is 13.4. The van der Waals surface area contributed by atoms with Crippen LogP contribution in [0.5, 0.6) is 5.88 Å². The van der Waals surface area contributed by atoms with Crippen LogP contribution in [0.2, 0.25) is 0 Å². The van der Waals surface area contributed by atoms with Crippen molar-refractivity contribution < 1.29 is 13.5 Å². The lowest BCUT2D eigenvalue weighted by molar-refractivity contribution is 0.264. The van der Waals surface area contributed by atoms with Crippen molar-refractivity contribution in [3.05, 3.63) is 77.5 Å². The zero-order valence-electron chi connectivity index (χ0n) is 17.3. The molecule has 1 aromatic carbocycles. The Morgan fingerprint density at radius 3 is 2.58 bits per heavy atom. The third kappa shape index (κ3) is 5.97. The summed E-state index contributed by atoms with van der Waals surface area (Å²) in [7, 11) is 0. The van der Waals surface area contributed by atoms with Crippen LogP contribution in [0.25, 0.3) is 11.3 Å². The normalized spacial score (nSPS) is 11.7. The van der Waals surface area contributed by atoms with Gasteiger partial charge in [0.05, 0.1) is 17.1 Å². The Labute approximate surface area is 180 Å². The molecule has 0 aliphatic rings. The summed E-state index contributed by atoms with van der Waals surface area (Å²) in [5.74, 6) is 0.386. The second-order valence-electron chi connectivity index (χ2n) is 6.74. The van der Waals surface area contributed by atoms with Gasteiger partial charge in [0.1, 0.15) is 19.1 Å². The first-order chi connectivity index (χ1) is 15.1. The molecular weight excluding hydrogens is 400 g/mol. The lowest BCUT2D eigenvalue weighted by Gasteiger charge is -2.14. The summed E-state index contributed by atoms with van der Waals surface area (Å²) < 4.78 is 31.3. The zero-order chi connectivity index (χ0) is 22.1. The number of nitrogens with two attached hydrogens (primary N) is 1. The number of rotatable bonds is 10. The zero-order valence-corrected chi connectivity index (χ0v) is 17.3. The Bertz CT molecular complexity index is 1020. The average Bonchev–Trinajstić information content (AvgIpc) is 2.79. The minimum Gasteiger partial charge on any atom is -0.475 e. The molecule has 0 spiro atoms. The van der Waals surface area contributed by atoms with Crippen molar-refractivity contribution in [2.24, 2.45) is 5.73 Å². The number of anilines is 1. The van der Waals surface area contributed by atoms with Gasteiger partial charge in [0.2, 0.25) is 11.8 Å². The molecule has 0 atom stereocenters. The Morgan fingerprint density at radius 2 is 1.84 bits per heavy atom. The maximum Gasteiger partial charge on any atom is 0.223 e. The predicted octanol–water partition coefficient (Wildman–Crippen LogP) is 4.45. The molecule has 0 saturated carbocycles. The van der Waals surface area contributed by atoms with Crippen molar-refractivity contribution in [3.8, 4) is 5.88 Å². The van der Waals surface area contributed by atoms with Crippen molar-refractivity contribution in [1.29, 1.82) is 0 Å². The molecule has 0 fully saturated rings. The standard InChI is InChI=1S/C23H25F2N5O/c1-2-3-13-27-23-28-14-11-19(30-23)21(22(26)16-7-9-17(25)10-8-16)18-5-4-6-20(29-18)31-15-12-24/h4-11,14H,2-3,12-13,15,26H2,1H3,(H,27,28,30). The van der Waals surface area contributed by atoms with Crippen LogP contribution in [0.15, 0.2) is 54.7 Å². The molecule has 6 nitrogen and oxygen atoms in total. The Kier molecular flexibility index (Phi) is 7.86. The second kappa shape index (κ2) is 11.0. The van der Waals surface area contributed by atoms with Crippen molar-refractivity contribution in [2.45, 2.75) is 19.8 Å². The van der Waals surface area contributed by atoms with E-state index in [1.807, 2.05) is 0 Å². The van der Waals surface area contributed by atoms with E-state index in [2.05, 4.69) is 27.2 Å². The minimum atomic E-state index is -0.620. The quantitative estimate of drug-likeness (QED) is 0.467. The molecular formula is C23H25F2N5O. The van der Waals surface area contributed by atoms with Gasteiger partial charge in [0.15, 0.2) is 0 Å². The summed E-state index contributed by atoms with van der Waals surface area (Å²) in [6.07, 6.45) is 3.67. The Morgan fingerprint density at radius 1 is 1.06 bits per heavy atom. The fourth-order valence-electron chi connectivity index (χ4n) is 2.92. The largest absolute Gasteiger partial charge is 0.475 e. The molecule has 3 N–H and O–H groups in total. The lowest BCUT2D eigenvalue weighted by Crippen LogP contribution is -2.10. The predicted molar refractivity (Wildman–Crippen MR) is 118 cm³/mol. The maximum absolute atomic E-state index is 13.4. The summed E-state index contributed by atoms with van der Waals surface area (Å²) >= 11 is 0. The molecule has 162 valence electrons. The van der Waals surface area contributed by atoms with E-state index in [-0.39, 0.29) is 18.3 Å². The van der Waals surface area contributed by atoms with Gasteiger partial charge in [-0.25, -0.2) is 23.7 Å². The number of nitrogens with one attached hydrogen (secondary N) is 1. The average molecular weight is 425 g/mol. The molecule has 0 aliphatic carbocycles. The van der Waals surface area contributed by atoms with E-state index in [1.54, 1.807) is 42.6 Å². The summed E-state index contributed by atoms with van der Waals surface area (Å²) in [6, 6.07) is 12.7. The van der Waals surface area contributed by atoms with Gasteiger partial charge in [-0.05, 0) is 48.4 Å². The first-order valence-electron chi connectivity index (χ1n) is 10.1. The number of hydrogen-bond acceptors (Lipinski definition) is 6. The highest BCUT2D eigenvalue weighted by molar-refractivity contribution is 5.95. The Balaban J connectivity index is 2.08. The number of unbranched alkanes of at least 4 members (excludes halogenated alkanes) is 1. The van der Waals surface area contributed by atoms with E-state index in [0.717, 1.165) is 19.4 Å². The number of halogens is 2. The van der Waals surface area contributed by atoms with E-state index >= 15 is 0 Å². The highest BCUT2D eigenvalue weighted by Crippen LogP contribution is 2.29. The first kappa shape index (κ1) is 22.1. The molecule has 0 bridgehead atoms. The van der Waals surface area contributed by atoms with Gasteiger partial charge in [0.25, 0.3) is 0 Å². The lowest BCUT2D eigenvalue weighted by atomic mass is 10.0. The molecule has 0 saturated heterocycles. The van der Waals surface area contributed by atoms with Crippen LogP contribution < -0.4 is 15.8 Å². The highest BCUT2D eigenvalue weighted by atomic mass is 19.1. The van der Waals surface area contributed by atoms with Crippen LogP contribution in [0.1, 0.15) is 36.7 Å². The van der Waals surface area contributed by atoms with E-state index in [1.165, 1.54) is 12.1 Å². The topological polar surface area (TPSA) is 86.0 Å². The molecule has 0 amide bonds. The molecule has 31 heavy (non-hydrogen) atoms. The SMILES string of the molecule is CCCCNc1nccc(C(=C(N)c2ccc(F)cc2)c2cccc(OCCF)n2)n1. The molecule has 0 aliphatic heterocycles. The molecule has 3 rings (SSSR count). The van der Waals surface area contributed by atoms with Crippen LogP contribution in [0.4, 0.5) is 14.7 Å². The van der Waals surface area contributed by atoms with E-state index in [9.17, 15) is 8.78 Å². The van der Waals surface area contributed by atoms with Crippen LogP contribution in [-0.4, -0.2) is 34.8 Å². The summed E-state index contributed by atoms with van der Waals surface area (Å²) in [5.41, 5.74) is 9.08. The van der Waals surface area contributed by atoms with Crippen molar-refractivity contribution in [3.63, 3.8) is 0 Å². The fraction of sp³-hybridized carbons (Fsp3) is 0.261. The van der Waals surface area contributed by atoms with Crippen molar-refractivity contribution in [1.82, 2.24) is 15.0 Å². The van der Waals surface area contributed by atoms with E-state index < -0.39 is 6.67 Å². The summed E-state index contributed by atoms with van der Waals surface area (Å²) in [4.78, 5) is 13.3.